The van der Waals surface area contributed by atoms with Gasteiger partial charge in [0.2, 0.25) is 0 Å². The van der Waals surface area contributed by atoms with Gasteiger partial charge in [0, 0.05) is 71.1 Å². The molecule has 2 aliphatic carbocycles. The van der Waals surface area contributed by atoms with Crippen molar-refractivity contribution >= 4 is 11.8 Å². The van der Waals surface area contributed by atoms with Crippen LogP contribution in [-0.4, -0.2) is 101 Å². The molecule has 0 aromatic heterocycles. The zero-order valence-corrected chi connectivity index (χ0v) is 26.4. The molecule has 9 nitrogen and oxygen atoms in total. The van der Waals surface area contributed by atoms with Crippen molar-refractivity contribution < 1.29 is 28.5 Å². The molecule has 3 atom stereocenters. The van der Waals surface area contributed by atoms with Crippen molar-refractivity contribution in [2.45, 2.75) is 83.4 Å². The summed E-state index contributed by atoms with van der Waals surface area (Å²) in [5, 5.41) is 3.56. The maximum Gasteiger partial charge on any atom is 0.254 e. The molecule has 3 fully saturated rings. The molecule has 1 N–H and O–H groups in total. The number of rotatable bonds is 16. The van der Waals surface area contributed by atoms with E-state index in [1.807, 2.05) is 11.0 Å². The zero-order chi connectivity index (χ0) is 30.1. The molecule has 0 spiro atoms. The first kappa shape index (κ1) is 32.6. The molecular formula is C33H53N3O6. The van der Waals surface area contributed by atoms with Gasteiger partial charge in [0.15, 0.2) is 11.5 Å². The lowest BCUT2D eigenvalue weighted by atomic mass is 9.84. The average Bonchev–Trinajstić information content (AvgIpc) is 3.75. The van der Waals surface area contributed by atoms with Crippen molar-refractivity contribution in [3.8, 4) is 11.5 Å². The van der Waals surface area contributed by atoms with Gasteiger partial charge in [-0.25, -0.2) is 0 Å². The van der Waals surface area contributed by atoms with E-state index >= 15 is 0 Å². The van der Waals surface area contributed by atoms with E-state index in [0.717, 1.165) is 51.7 Å². The van der Waals surface area contributed by atoms with Crippen LogP contribution in [0.25, 0.3) is 0 Å². The first-order valence-electron chi connectivity index (χ1n) is 16.0. The van der Waals surface area contributed by atoms with Crippen LogP contribution in [0, 0.1) is 17.8 Å². The van der Waals surface area contributed by atoms with E-state index in [4.69, 9.17) is 18.9 Å². The fourth-order valence-electron chi connectivity index (χ4n) is 6.62. The van der Waals surface area contributed by atoms with Crippen LogP contribution in [0.3, 0.4) is 0 Å². The summed E-state index contributed by atoms with van der Waals surface area (Å²) in [4.78, 5) is 31.8. The molecule has 2 saturated carbocycles. The number of hydrogen-bond donors (Lipinski definition) is 1. The maximum absolute atomic E-state index is 13.9. The normalized spacial score (nSPS) is 21.8. The van der Waals surface area contributed by atoms with Crippen LogP contribution in [0.4, 0.5) is 0 Å². The molecule has 3 aliphatic rings. The van der Waals surface area contributed by atoms with Crippen molar-refractivity contribution in [2.75, 3.05) is 60.7 Å². The summed E-state index contributed by atoms with van der Waals surface area (Å²) < 4.78 is 22.4. The third-order valence-corrected chi connectivity index (χ3v) is 9.23. The highest BCUT2D eigenvalue weighted by Gasteiger charge is 2.42. The molecule has 1 saturated heterocycles. The van der Waals surface area contributed by atoms with Gasteiger partial charge in [-0.3, -0.25) is 9.59 Å². The minimum Gasteiger partial charge on any atom is -0.493 e. The van der Waals surface area contributed by atoms with Crippen LogP contribution in [0.15, 0.2) is 18.2 Å². The van der Waals surface area contributed by atoms with Crippen LogP contribution < -0.4 is 14.8 Å². The van der Waals surface area contributed by atoms with Crippen molar-refractivity contribution in [1.29, 1.82) is 0 Å². The first-order valence-corrected chi connectivity index (χ1v) is 16.0. The van der Waals surface area contributed by atoms with Gasteiger partial charge in [-0.05, 0) is 75.5 Å². The molecule has 2 amide bonds. The fraction of sp³-hybridized carbons (Fsp3) is 0.758. The van der Waals surface area contributed by atoms with Crippen LogP contribution in [0.5, 0.6) is 11.5 Å². The fourth-order valence-corrected chi connectivity index (χ4v) is 6.62. The number of carbonyl (C=O) groups excluding carboxylic acids is 2. The lowest BCUT2D eigenvalue weighted by Crippen LogP contribution is -2.49. The Morgan fingerprint density at radius 2 is 1.64 bits per heavy atom. The van der Waals surface area contributed by atoms with Gasteiger partial charge in [0.25, 0.3) is 11.8 Å². The van der Waals surface area contributed by atoms with Crippen LogP contribution in [0.1, 0.15) is 75.6 Å². The van der Waals surface area contributed by atoms with E-state index in [9.17, 15) is 9.59 Å². The molecular weight excluding hydrogens is 534 g/mol. The summed E-state index contributed by atoms with van der Waals surface area (Å²) in [6.45, 7) is 8.25. The predicted octanol–water partition coefficient (Wildman–Crippen LogP) is 4.38. The van der Waals surface area contributed by atoms with Gasteiger partial charge >= 0.3 is 0 Å². The van der Waals surface area contributed by atoms with Crippen molar-refractivity contribution in [3.05, 3.63) is 23.8 Å². The zero-order valence-electron chi connectivity index (χ0n) is 26.4. The molecule has 42 heavy (non-hydrogen) atoms. The van der Waals surface area contributed by atoms with Gasteiger partial charge in [-0.1, -0.05) is 19.3 Å². The van der Waals surface area contributed by atoms with E-state index in [-0.39, 0.29) is 35.8 Å². The van der Waals surface area contributed by atoms with Gasteiger partial charge in [0.1, 0.15) is 6.10 Å². The van der Waals surface area contributed by atoms with E-state index in [1.54, 1.807) is 33.5 Å². The van der Waals surface area contributed by atoms with Gasteiger partial charge in [0.05, 0.1) is 13.7 Å². The Hall–Kier alpha value is -2.36. The number of carbonyl (C=O) groups is 2. The molecule has 236 valence electrons. The molecule has 1 aromatic rings. The lowest BCUT2D eigenvalue weighted by Gasteiger charge is -2.36. The quantitative estimate of drug-likeness (QED) is 0.287. The SMILES string of the molecule is COCCCOc1cc(C(=O)N(C[C@@H]2CNC[C@H]2CN(C(=O)C(OC)C2CCCCC2)C2CC2)C(C)C)ccc1OC. The highest BCUT2D eigenvalue weighted by molar-refractivity contribution is 5.95. The molecule has 0 bridgehead atoms. The molecule has 1 unspecified atom stereocenters. The number of benzene rings is 1. The summed E-state index contributed by atoms with van der Waals surface area (Å²) in [7, 11) is 4.97. The Bertz CT molecular complexity index is 1010. The summed E-state index contributed by atoms with van der Waals surface area (Å²) >= 11 is 0. The van der Waals surface area contributed by atoms with Crippen LogP contribution in [0.2, 0.25) is 0 Å². The van der Waals surface area contributed by atoms with E-state index in [0.29, 0.717) is 48.8 Å². The second-order valence-electron chi connectivity index (χ2n) is 12.6. The first-order chi connectivity index (χ1) is 20.4. The highest BCUT2D eigenvalue weighted by atomic mass is 16.5. The molecule has 1 heterocycles. The van der Waals surface area contributed by atoms with Crippen molar-refractivity contribution in [2.24, 2.45) is 17.8 Å². The van der Waals surface area contributed by atoms with Crippen LogP contribution >= 0.6 is 0 Å². The Labute approximate surface area is 252 Å². The second-order valence-corrected chi connectivity index (χ2v) is 12.6. The number of nitrogens with zero attached hydrogens (tertiary/aromatic N) is 2. The van der Waals surface area contributed by atoms with E-state index < -0.39 is 0 Å². The molecule has 9 heteroatoms. The summed E-state index contributed by atoms with van der Waals surface area (Å²) in [5.74, 6) is 2.17. The minimum absolute atomic E-state index is 0.0214. The third-order valence-electron chi connectivity index (χ3n) is 9.23. The number of methoxy groups -OCH3 is 3. The number of amides is 2. The second kappa shape index (κ2) is 15.9. The topological polar surface area (TPSA) is 89.6 Å². The largest absolute Gasteiger partial charge is 0.493 e. The van der Waals surface area contributed by atoms with Crippen molar-refractivity contribution in [3.63, 3.8) is 0 Å². The van der Waals surface area contributed by atoms with E-state index in [1.165, 1.54) is 19.3 Å². The molecule has 1 aromatic carbocycles. The monoisotopic (exact) mass is 587 g/mol. The molecule has 0 radical (unpaired) electrons. The van der Waals surface area contributed by atoms with Crippen LogP contribution in [-0.2, 0) is 14.3 Å². The Morgan fingerprint density at radius 1 is 0.929 bits per heavy atom. The predicted molar refractivity (Wildman–Crippen MR) is 163 cm³/mol. The molecule has 1 aliphatic heterocycles. The Kier molecular flexibility index (Phi) is 12.3. The van der Waals surface area contributed by atoms with E-state index in [2.05, 4.69) is 24.1 Å². The third kappa shape index (κ3) is 8.38. The van der Waals surface area contributed by atoms with Gasteiger partial charge in [-0.15, -0.1) is 0 Å². The highest BCUT2D eigenvalue weighted by Crippen LogP contribution is 2.35. The summed E-state index contributed by atoms with van der Waals surface area (Å²) in [5.41, 5.74) is 0.582. The van der Waals surface area contributed by atoms with Gasteiger partial charge in [-0.2, -0.15) is 0 Å². The minimum atomic E-state index is -0.339. The number of nitrogens with one attached hydrogen (secondary N) is 1. The Morgan fingerprint density at radius 3 is 2.26 bits per heavy atom. The average molecular weight is 588 g/mol. The lowest BCUT2D eigenvalue weighted by molar-refractivity contribution is -0.147. The van der Waals surface area contributed by atoms with Gasteiger partial charge < -0.3 is 34.1 Å². The summed E-state index contributed by atoms with van der Waals surface area (Å²) in [6.07, 6.45) is 8.33. The molecule has 4 rings (SSSR count). The maximum atomic E-state index is 13.9. The number of hydrogen-bond acceptors (Lipinski definition) is 7. The Balaban J connectivity index is 1.44. The van der Waals surface area contributed by atoms with Crippen molar-refractivity contribution in [1.82, 2.24) is 15.1 Å². The summed E-state index contributed by atoms with van der Waals surface area (Å²) in [6, 6.07) is 5.75. The smallest absolute Gasteiger partial charge is 0.254 e. The standard InChI is InChI=1S/C33H53N3O6/c1-23(2)35(32(37)25-12-15-29(40-4)30(18-25)42-17-9-16-39-3)21-26-19-34-20-27(26)22-36(28-13-14-28)33(38)31(41-5)24-10-7-6-8-11-24/h12,15,18,23-24,26-28,31,34H,6-11,13-14,16-17,19-22H2,1-5H3/t26-,27-,31?/m0/s1. The number of ether oxygens (including phenoxy) is 4.